The van der Waals surface area contributed by atoms with E-state index in [2.05, 4.69) is 28.2 Å². The molecule has 0 bridgehead atoms. The smallest absolute Gasteiger partial charge is 0.133 e. The third-order valence-corrected chi connectivity index (χ3v) is 4.71. The summed E-state index contributed by atoms with van der Waals surface area (Å²) in [5.41, 5.74) is 4.91. The SMILES string of the molecule is Cc1ccc(-c2ccc(-c3cc(OC[C@H]4COCCO4)cc(Cl)n3)cc2)cn1. The molecule has 0 saturated carbocycles. The van der Waals surface area contributed by atoms with Crippen molar-refractivity contribution in [2.45, 2.75) is 13.0 Å². The van der Waals surface area contributed by atoms with Crippen LogP contribution in [0.2, 0.25) is 5.15 Å². The summed E-state index contributed by atoms with van der Waals surface area (Å²) < 4.78 is 16.9. The van der Waals surface area contributed by atoms with Gasteiger partial charge in [0.1, 0.15) is 23.6 Å². The largest absolute Gasteiger partial charge is 0.491 e. The molecule has 5 nitrogen and oxygen atoms in total. The van der Waals surface area contributed by atoms with E-state index >= 15 is 0 Å². The van der Waals surface area contributed by atoms with Crippen molar-refractivity contribution in [1.82, 2.24) is 9.97 Å². The van der Waals surface area contributed by atoms with Crippen LogP contribution in [-0.2, 0) is 9.47 Å². The monoisotopic (exact) mass is 396 g/mol. The minimum atomic E-state index is -0.0634. The van der Waals surface area contributed by atoms with Gasteiger partial charge in [0, 0.05) is 35.2 Å². The zero-order chi connectivity index (χ0) is 19.3. The fourth-order valence-corrected chi connectivity index (χ4v) is 3.20. The molecule has 1 aromatic carbocycles. The van der Waals surface area contributed by atoms with E-state index < -0.39 is 0 Å². The van der Waals surface area contributed by atoms with Gasteiger partial charge in [0.25, 0.3) is 0 Å². The summed E-state index contributed by atoms with van der Waals surface area (Å²) in [6.07, 6.45) is 1.82. The Morgan fingerprint density at radius 2 is 1.82 bits per heavy atom. The first-order valence-electron chi connectivity index (χ1n) is 9.20. The number of aromatic nitrogens is 2. The molecule has 0 spiro atoms. The molecule has 6 heteroatoms. The van der Waals surface area contributed by atoms with Crippen molar-refractivity contribution in [2.24, 2.45) is 0 Å². The first-order valence-corrected chi connectivity index (χ1v) is 9.58. The lowest BCUT2D eigenvalue weighted by Crippen LogP contribution is -2.33. The minimum absolute atomic E-state index is 0.0634. The van der Waals surface area contributed by atoms with Gasteiger partial charge in [0.2, 0.25) is 0 Å². The summed E-state index contributed by atoms with van der Waals surface area (Å²) in [5, 5.41) is 0.389. The summed E-state index contributed by atoms with van der Waals surface area (Å²) in [6, 6.07) is 15.8. The first kappa shape index (κ1) is 18.9. The van der Waals surface area contributed by atoms with Crippen molar-refractivity contribution < 1.29 is 14.2 Å². The lowest BCUT2D eigenvalue weighted by atomic mass is 10.0. The standard InChI is InChI=1S/C22H21ClN2O3/c1-15-2-3-18(12-24-15)16-4-6-17(7-5-16)21-10-19(11-22(23)25-21)28-14-20-13-26-8-9-27-20/h2-7,10-12,20H,8-9,13-14H2,1H3/t20-/m1/s1. The molecule has 4 rings (SSSR count). The lowest BCUT2D eigenvalue weighted by Gasteiger charge is -2.23. The van der Waals surface area contributed by atoms with Gasteiger partial charge in [-0.1, -0.05) is 41.9 Å². The molecule has 1 aliphatic heterocycles. The second-order valence-electron chi connectivity index (χ2n) is 6.66. The van der Waals surface area contributed by atoms with Crippen molar-refractivity contribution in [1.29, 1.82) is 0 Å². The molecule has 3 aromatic rings. The second kappa shape index (κ2) is 8.69. The van der Waals surface area contributed by atoms with Crippen LogP contribution >= 0.6 is 11.6 Å². The number of benzene rings is 1. The number of rotatable bonds is 5. The molecule has 0 amide bonds. The Bertz CT molecular complexity index is 924. The van der Waals surface area contributed by atoms with E-state index in [1.165, 1.54) is 0 Å². The fraction of sp³-hybridized carbons (Fsp3) is 0.273. The summed E-state index contributed by atoms with van der Waals surface area (Å²) in [6.45, 7) is 4.17. The molecule has 0 radical (unpaired) electrons. The topological polar surface area (TPSA) is 53.5 Å². The highest BCUT2D eigenvalue weighted by molar-refractivity contribution is 6.29. The predicted octanol–water partition coefficient (Wildman–Crippen LogP) is 4.57. The molecular formula is C22H21ClN2O3. The third-order valence-electron chi connectivity index (χ3n) is 4.51. The van der Waals surface area contributed by atoms with Crippen LogP contribution in [0.3, 0.4) is 0 Å². The van der Waals surface area contributed by atoms with Crippen LogP contribution in [0.1, 0.15) is 5.69 Å². The number of halogens is 1. The van der Waals surface area contributed by atoms with Gasteiger partial charge in [-0.15, -0.1) is 0 Å². The summed E-state index contributed by atoms with van der Waals surface area (Å²) >= 11 is 6.21. The number of aryl methyl sites for hydroxylation is 1. The highest BCUT2D eigenvalue weighted by Crippen LogP contribution is 2.28. The van der Waals surface area contributed by atoms with Crippen molar-refractivity contribution in [3.63, 3.8) is 0 Å². The van der Waals surface area contributed by atoms with Crippen LogP contribution in [0.15, 0.2) is 54.7 Å². The molecular weight excluding hydrogens is 376 g/mol. The third kappa shape index (κ3) is 4.68. The molecule has 1 atom stereocenters. The summed E-state index contributed by atoms with van der Waals surface area (Å²) in [4.78, 5) is 8.78. The van der Waals surface area contributed by atoms with Gasteiger partial charge in [0.15, 0.2) is 0 Å². The maximum absolute atomic E-state index is 6.21. The van der Waals surface area contributed by atoms with E-state index in [0.717, 1.165) is 28.1 Å². The van der Waals surface area contributed by atoms with Gasteiger partial charge in [-0.25, -0.2) is 4.98 Å². The number of nitrogens with zero attached hydrogens (tertiary/aromatic N) is 2. The van der Waals surface area contributed by atoms with E-state index in [4.69, 9.17) is 25.8 Å². The molecule has 3 heterocycles. The number of hydrogen-bond donors (Lipinski definition) is 0. The Balaban J connectivity index is 1.50. The van der Waals surface area contributed by atoms with Crippen LogP contribution in [0, 0.1) is 6.92 Å². The number of ether oxygens (including phenoxy) is 3. The van der Waals surface area contributed by atoms with Gasteiger partial charge >= 0.3 is 0 Å². The molecule has 0 N–H and O–H groups in total. The Morgan fingerprint density at radius 1 is 1.04 bits per heavy atom. The normalized spacial score (nSPS) is 16.7. The molecule has 2 aromatic heterocycles. The van der Waals surface area contributed by atoms with E-state index in [1.54, 1.807) is 6.07 Å². The first-order chi connectivity index (χ1) is 13.7. The van der Waals surface area contributed by atoms with E-state index in [0.29, 0.717) is 37.3 Å². The van der Waals surface area contributed by atoms with E-state index in [1.807, 2.05) is 37.4 Å². The highest BCUT2D eigenvalue weighted by atomic mass is 35.5. The molecule has 1 saturated heterocycles. The highest BCUT2D eigenvalue weighted by Gasteiger charge is 2.15. The van der Waals surface area contributed by atoms with E-state index in [9.17, 15) is 0 Å². The zero-order valence-electron chi connectivity index (χ0n) is 15.6. The maximum Gasteiger partial charge on any atom is 0.133 e. The van der Waals surface area contributed by atoms with Crippen molar-refractivity contribution in [2.75, 3.05) is 26.4 Å². The van der Waals surface area contributed by atoms with Gasteiger partial charge in [-0.3, -0.25) is 4.98 Å². The molecule has 1 fully saturated rings. The van der Waals surface area contributed by atoms with E-state index in [-0.39, 0.29) is 6.10 Å². The Labute approximate surface area is 169 Å². The fourth-order valence-electron chi connectivity index (χ4n) is 3.00. The summed E-state index contributed by atoms with van der Waals surface area (Å²) in [7, 11) is 0. The van der Waals surface area contributed by atoms with Crippen molar-refractivity contribution in [3.8, 4) is 28.1 Å². The molecule has 28 heavy (non-hydrogen) atoms. The van der Waals surface area contributed by atoms with Gasteiger partial charge in [0.05, 0.1) is 25.5 Å². The lowest BCUT2D eigenvalue weighted by molar-refractivity contribution is -0.101. The summed E-state index contributed by atoms with van der Waals surface area (Å²) in [5.74, 6) is 0.663. The molecule has 1 aliphatic rings. The van der Waals surface area contributed by atoms with Gasteiger partial charge in [-0.05, 0) is 18.6 Å². The van der Waals surface area contributed by atoms with Gasteiger partial charge < -0.3 is 14.2 Å². The Hall–Kier alpha value is -2.47. The number of hydrogen-bond acceptors (Lipinski definition) is 5. The second-order valence-corrected chi connectivity index (χ2v) is 7.04. The molecule has 0 aliphatic carbocycles. The number of pyridine rings is 2. The molecule has 0 unspecified atom stereocenters. The van der Waals surface area contributed by atoms with Crippen LogP contribution in [0.5, 0.6) is 5.75 Å². The van der Waals surface area contributed by atoms with Crippen LogP contribution in [-0.4, -0.2) is 42.5 Å². The van der Waals surface area contributed by atoms with Crippen LogP contribution < -0.4 is 4.74 Å². The minimum Gasteiger partial charge on any atom is -0.491 e. The average Bonchev–Trinajstić information content (AvgIpc) is 2.73. The van der Waals surface area contributed by atoms with Gasteiger partial charge in [-0.2, -0.15) is 0 Å². The van der Waals surface area contributed by atoms with Crippen LogP contribution in [0.4, 0.5) is 0 Å². The zero-order valence-corrected chi connectivity index (χ0v) is 16.4. The van der Waals surface area contributed by atoms with Crippen molar-refractivity contribution in [3.05, 3.63) is 65.6 Å². The predicted molar refractivity (Wildman–Crippen MR) is 109 cm³/mol. The van der Waals surface area contributed by atoms with Crippen LogP contribution in [0.25, 0.3) is 22.4 Å². The van der Waals surface area contributed by atoms with Crippen molar-refractivity contribution >= 4 is 11.6 Å². The molecule has 144 valence electrons. The Kier molecular flexibility index (Phi) is 5.86. The quantitative estimate of drug-likeness (QED) is 0.591. The maximum atomic E-state index is 6.21. The average molecular weight is 397 g/mol. The Morgan fingerprint density at radius 3 is 2.54 bits per heavy atom.